The van der Waals surface area contributed by atoms with Crippen molar-refractivity contribution in [3.05, 3.63) is 52.7 Å². The first-order valence-electron chi connectivity index (χ1n) is 8.26. The van der Waals surface area contributed by atoms with E-state index in [9.17, 15) is 9.18 Å². The molecule has 1 aliphatic heterocycles. The van der Waals surface area contributed by atoms with Crippen molar-refractivity contribution in [3.8, 4) is 0 Å². The van der Waals surface area contributed by atoms with Crippen LogP contribution in [0.25, 0.3) is 0 Å². The molecule has 0 radical (unpaired) electrons. The van der Waals surface area contributed by atoms with E-state index >= 15 is 0 Å². The van der Waals surface area contributed by atoms with Gasteiger partial charge in [-0.2, -0.15) is 0 Å². The zero-order valence-corrected chi connectivity index (χ0v) is 14.1. The molecule has 1 aromatic heterocycles. The minimum atomic E-state index is -0.302. The summed E-state index contributed by atoms with van der Waals surface area (Å²) in [6.07, 6.45) is 0.956. The molecule has 3 rings (SSSR count). The molecule has 2 aromatic rings. The number of benzene rings is 1. The van der Waals surface area contributed by atoms with Crippen LogP contribution in [0.4, 0.5) is 4.39 Å². The Morgan fingerprint density at radius 1 is 1.44 bits per heavy atom. The second-order valence-corrected chi connectivity index (χ2v) is 6.14. The van der Waals surface area contributed by atoms with Crippen molar-refractivity contribution in [2.45, 2.75) is 26.6 Å². The summed E-state index contributed by atoms with van der Waals surface area (Å²) in [7, 11) is 0. The fourth-order valence-corrected chi connectivity index (χ4v) is 2.67. The number of nitrogens with one attached hydrogen (secondary N) is 1. The molecule has 1 unspecified atom stereocenters. The molecule has 1 aliphatic rings. The van der Waals surface area contributed by atoms with E-state index in [1.54, 1.807) is 19.1 Å². The van der Waals surface area contributed by atoms with Crippen molar-refractivity contribution in [1.29, 1.82) is 0 Å². The maximum Gasteiger partial charge on any atom is 0.273 e. The zero-order valence-electron chi connectivity index (χ0n) is 14.1. The molecule has 134 valence electrons. The molecule has 0 saturated carbocycles. The van der Waals surface area contributed by atoms with Crippen LogP contribution in [-0.2, 0) is 22.7 Å². The van der Waals surface area contributed by atoms with Crippen LogP contribution < -0.4 is 5.32 Å². The summed E-state index contributed by atoms with van der Waals surface area (Å²) in [6, 6.07) is 6.21. The number of aromatic nitrogens is 1. The highest BCUT2D eigenvalue weighted by molar-refractivity contribution is 5.93. The standard InChI is InChI=1S/C18H21FN2O4/c1-12-16(11-24-9-13-3-2-4-15(19)7-13)25-21-17(12)18(22)20-8-14-5-6-23-10-14/h2-4,7,14H,5-6,8-11H2,1H3,(H,20,22). The number of ether oxygens (including phenoxy) is 2. The van der Waals surface area contributed by atoms with Crippen LogP contribution in [-0.4, -0.2) is 30.8 Å². The third-order valence-corrected chi connectivity index (χ3v) is 4.20. The SMILES string of the molecule is Cc1c(C(=O)NCC2CCOC2)noc1COCc1cccc(F)c1. The number of nitrogens with zero attached hydrogens (tertiary/aromatic N) is 1. The van der Waals surface area contributed by atoms with Crippen LogP contribution in [0.1, 0.15) is 33.8 Å². The lowest BCUT2D eigenvalue weighted by molar-refractivity contribution is 0.0872. The molecule has 6 nitrogen and oxygen atoms in total. The Morgan fingerprint density at radius 2 is 2.32 bits per heavy atom. The molecular formula is C18H21FN2O4. The summed E-state index contributed by atoms with van der Waals surface area (Å²) in [5.74, 6) is 0.282. The molecule has 25 heavy (non-hydrogen) atoms. The first kappa shape index (κ1) is 17.6. The van der Waals surface area contributed by atoms with Crippen molar-refractivity contribution in [1.82, 2.24) is 10.5 Å². The van der Waals surface area contributed by atoms with Gasteiger partial charge in [0.05, 0.1) is 13.2 Å². The molecule has 7 heteroatoms. The summed E-state index contributed by atoms with van der Waals surface area (Å²) in [5.41, 5.74) is 1.65. The van der Waals surface area contributed by atoms with E-state index in [1.165, 1.54) is 12.1 Å². The van der Waals surface area contributed by atoms with Gasteiger partial charge in [0, 0.05) is 24.6 Å². The van der Waals surface area contributed by atoms with E-state index in [0.29, 0.717) is 30.4 Å². The van der Waals surface area contributed by atoms with Gasteiger partial charge in [-0.1, -0.05) is 17.3 Å². The van der Waals surface area contributed by atoms with Gasteiger partial charge in [-0.05, 0) is 31.0 Å². The van der Waals surface area contributed by atoms with Gasteiger partial charge in [-0.15, -0.1) is 0 Å². The van der Waals surface area contributed by atoms with Crippen molar-refractivity contribution in [2.75, 3.05) is 19.8 Å². The lowest BCUT2D eigenvalue weighted by atomic mass is 10.1. The number of halogens is 1. The van der Waals surface area contributed by atoms with E-state index in [4.69, 9.17) is 14.0 Å². The molecule has 0 aliphatic carbocycles. The summed E-state index contributed by atoms with van der Waals surface area (Å²) in [6.45, 7) is 4.18. The van der Waals surface area contributed by atoms with Crippen LogP contribution in [0, 0.1) is 18.7 Å². The Bertz CT molecular complexity index is 726. The Labute approximate surface area is 145 Å². The lowest BCUT2D eigenvalue weighted by Gasteiger charge is -2.08. The average Bonchev–Trinajstić information content (AvgIpc) is 3.23. The first-order valence-corrected chi connectivity index (χ1v) is 8.26. The van der Waals surface area contributed by atoms with Crippen molar-refractivity contribution >= 4 is 5.91 Å². The Morgan fingerprint density at radius 3 is 3.08 bits per heavy atom. The number of carbonyl (C=O) groups excluding carboxylic acids is 1. The molecule has 0 bridgehead atoms. The zero-order chi connectivity index (χ0) is 17.6. The van der Waals surface area contributed by atoms with Gasteiger partial charge in [0.25, 0.3) is 5.91 Å². The van der Waals surface area contributed by atoms with Gasteiger partial charge < -0.3 is 19.3 Å². The van der Waals surface area contributed by atoms with Crippen LogP contribution in [0.2, 0.25) is 0 Å². The molecule has 1 N–H and O–H groups in total. The fourth-order valence-electron chi connectivity index (χ4n) is 2.67. The van der Waals surface area contributed by atoms with Crippen molar-refractivity contribution in [3.63, 3.8) is 0 Å². The van der Waals surface area contributed by atoms with Gasteiger partial charge in [0.1, 0.15) is 12.4 Å². The highest BCUT2D eigenvalue weighted by atomic mass is 19.1. The topological polar surface area (TPSA) is 73.6 Å². The maximum atomic E-state index is 13.1. The second kappa shape index (κ2) is 8.22. The minimum absolute atomic E-state index is 0.166. The quantitative estimate of drug-likeness (QED) is 0.833. The van der Waals surface area contributed by atoms with Gasteiger partial charge in [-0.25, -0.2) is 4.39 Å². The predicted molar refractivity (Wildman–Crippen MR) is 87.4 cm³/mol. The Hall–Kier alpha value is -2.25. The summed E-state index contributed by atoms with van der Waals surface area (Å²) in [5, 5.41) is 6.70. The van der Waals surface area contributed by atoms with E-state index in [-0.39, 0.29) is 30.6 Å². The Balaban J connectivity index is 1.50. The molecule has 1 amide bonds. The molecule has 1 atom stereocenters. The maximum absolute atomic E-state index is 13.1. The molecule has 0 spiro atoms. The summed E-state index contributed by atoms with van der Waals surface area (Å²) < 4.78 is 29.2. The molecule has 1 aromatic carbocycles. The van der Waals surface area contributed by atoms with Gasteiger partial charge in [0.15, 0.2) is 11.5 Å². The molecule has 1 fully saturated rings. The van der Waals surface area contributed by atoms with Crippen LogP contribution in [0.15, 0.2) is 28.8 Å². The van der Waals surface area contributed by atoms with Gasteiger partial charge in [-0.3, -0.25) is 4.79 Å². The summed E-state index contributed by atoms with van der Waals surface area (Å²) in [4.78, 5) is 12.2. The van der Waals surface area contributed by atoms with E-state index in [2.05, 4.69) is 10.5 Å². The molecular weight excluding hydrogens is 327 g/mol. The Kier molecular flexibility index (Phi) is 5.78. The van der Waals surface area contributed by atoms with Crippen LogP contribution in [0.5, 0.6) is 0 Å². The smallest absolute Gasteiger partial charge is 0.273 e. The van der Waals surface area contributed by atoms with E-state index in [1.807, 2.05) is 0 Å². The third kappa shape index (κ3) is 4.64. The van der Waals surface area contributed by atoms with Gasteiger partial charge >= 0.3 is 0 Å². The number of amides is 1. The number of hydrogen-bond acceptors (Lipinski definition) is 5. The first-order chi connectivity index (χ1) is 12.1. The fraction of sp³-hybridized carbons (Fsp3) is 0.444. The largest absolute Gasteiger partial charge is 0.381 e. The number of carbonyl (C=O) groups is 1. The van der Waals surface area contributed by atoms with Crippen LogP contribution in [0.3, 0.4) is 0 Å². The average molecular weight is 348 g/mol. The molecule has 2 heterocycles. The highest BCUT2D eigenvalue weighted by Gasteiger charge is 2.21. The highest BCUT2D eigenvalue weighted by Crippen LogP contribution is 2.16. The van der Waals surface area contributed by atoms with E-state index < -0.39 is 0 Å². The number of hydrogen-bond donors (Lipinski definition) is 1. The third-order valence-electron chi connectivity index (χ3n) is 4.20. The minimum Gasteiger partial charge on any atom is -0.381 e. The monoisotopic (exact) mass is 348 g/mol. The van der Waals surface area contributed by atoms with E-state index in [0.717, 1.165) is 18.6 Å². The van der Waals surface area contributed by atoms with Gasteiger partial charge in [0.2, 0.25) is 0 Å². The summed E-state index contributed by atoms with van der Waals surface area (Å²) >= 11 is 0. The van der Waals surface area contributed by atoms with Crippen LogP contribution >= 0.6 is 0 Å². The van der Waals surface area contributed by atoms with Crippen molar-refractivity contribution in [2.24, 2.45) is 5.92 Å². The normalized spacial score (nSPS) is 17.0. The second-order valence-electron chi connectivity index (χ2n) is 6.14. The molecule has 1 saturated heterocycles. The van der Waals surface area contributed by atoms with Crippen molar-refractivity contribution < 1.29 is 23.2 Å². The predicted octanol–water partition coefficient (Wildman–Crippen LogP) is 2.61. The number of rotatable bonds is 7. The lowest BCUT2D eigenvalue weighted by Crippen LogP contribution is -2.30.